The van der Waals surface area contributed by atoms with E-state index in [4.69, 9.17) is 9.84 Å². The van der Waals surface area contributed by atoms with Crippen molar-refractivity contribution in [3.63, 3.8) is 0 Å². The first-order valence-corrected chi connectivity index (χ1v) is 6.01. The van der Waals surface area contributed by atoms with Gasteiger partial charge in [0.15, 0.2) is 0 Å². The summed E-state index contributed by atoms with van der Waals surface area (Å²) >= 11 is 0. The Kier molecular flexibility index (Phi) is 4.47. The van der Waals surface area contributed by atoms with E-state index in [0.29, 0.717) is 23.6 Å². The monoisotopic (exact) mass is 268 g/mol. The second-order valence-corrected chi connectivity index (χ2v) is 5.20. The normalized spacial score (nSPS) is 11.6. The molecule has 0 aliphatic rings. The van der Waals surface area contributed by atoms with E-state index in [1.165, 1.54) is 4.57 Å². The van der Waals surface area contributed by atoms with Gasteiger partial charge in [-0.2, -0.15) is 4.98 Å². The molecule has 0 unspecified atom stereocenters. The molecule has 0 radical (unpaired) electrons. The lowest BCUT2D eigenvalue weighted by molar-refractivity contribution is -0.136. The van der Waals surface area contributed by atoms with E-state index in [9.17, 15) is 9.59 Å². The van der Waals surface area contributed by atoms with E-state index >= 15 is 0 Å². The predicted molar refractivity (Wildman–Crippen MR) is 70.5 cm³/mol. The maximum Gasteiger partial charge on any atom is 0.348 e. The number of ether oxygens (including phenoxy) is 1. The summed E-state index contributed by atoms with van der Waals surface area (Å²) < 4.78 is 6.62. The van der Waals surface area contributed by atoms with Crippen LogP contribution in [0.2, 0.25) is 0 Å². The number of aliphatic carboxylic acids is 1. The maximum atomic E-state index is 12.1. The number of rotatable bonds is 5. The van der Waals surface area contributed by atoms with Gasteiger partial charge < -0.3 is 9.84 Å². The molecule has 6 heteroatoms. The highest BCUT2D eigenvalue weighted by Gasteiger charge is 2.26. The molecule has 1 rings (SSSR count). The molecule has 0 bridgehead atoms. The summed E-state index contributed by atoms with van der Waals surface area (Å²) in [6.07, 6.45) is -0.145. The third kappa shape index (κ3) is 3.20. The highest BCUT2D eigenvalue weighted by molar-refractivity contribution is 5.70. The third-order valence-corrected chi connectivity index (χ3v) is 3.09. The van der Waals surface area contributed by atoms with Crippen molar-refractivity contribution in [1.29, 1.82) is 0 Å². The molecular weight excluding hydrogens is 248 g/mol. The number of carboxylic acid groups (broad SMARTS) is 1. The molecule has 0 atom stereocenters. The molecule has 1 aromatic rings. The van der Waals surface area contributed by atoms with Crippen LogP contribution < -0.4 is 5.69 Å². The highest BCUT2D eigenvalue weighted by atomic mass is 16.5. The molecule has 0 saturated carbocycles. The molecule has 6 nitrogen and oxygen atoms in total. The summed E-state index contributed by atoms with van der Waals surface area (Å²) in [6.45, 7) is 7.44. The highest BCUT2D eigenvalue weighted by Crippen LogP contribution is 2.19. The number of hydrogen-bond donors (Lipinski definition) is 1. The maximum absolute atomic E-state index is 12.1. The fraction of sp³-hybridized carbons (Fsp3) is 0.615. The van der Waals surface area contributed by atoms with Gasteiger partial charge in [0.1, 0.15) is 0 Å². The van der Waals surface area contributed by atoms with Crippen molar-refractivity contribution in [3.05, 3.63) is 27.4 Å². The van der Waals surface area contributed by atoms with Crippen LogP contribution in [0.15, 0.2) is 4.79 Å². The summed E-state index contributed by atoms with van der Waals surface area (Å²) in [4.78, 5) is 26.9. The second kappa shape index (κ2) is 5.52. The van der Waals surface area contributed by atoms with Gasteiger partial charge in [-0.15, -0.1) is 0 Å². The molecule has 0 saturated heterocycles. The molecule has 0 spiro atoms. The first-order valence-electron chi connectivity index (χ1n) is 6.01. The Labute approximate surface area is 112 Å². The van der Waals surface area contributed by atoms with Gasteiger partial charge in [-0.05, 0) is 27.7 Å². The van der Waals surface area contributed by atoms with E-state index in [0.717, 1.165) is 0 Å². The van der Waals surface area contributed by atoms with Gasteiger partial charge in [-0.3, -0.25) is 9.36 Å². The number of carboxylic acids is 1. The first kappa shape index (κ1) is 15.4. The fourth-order valence-corrected chi connectivity index (χ4v) is 2.34. The van der Waals surface area contributed by atoms with Gasteiger partial charge in [0, 0.05) is 24.1 Å². The first-order chi connectivity index (χ1) is 8.70. The van der Waals surface area contributed by atoms with Crippen LogP contribution in [0.5, 0.6) is 0 Å². The molecule has 1 heterocycles. The zero-order valence-corrected chi connectivity index (χ0v) is 12.0. The second-order valence-electron chi connectivity index (χ2n) is 5.20. The largest absolute Gasteiger partial charge is 0.481 e. The lowest BCUT2D eigenvalue weighted by Crippen LogP contribution is -2.43. The molecule has 1 N–H and O–H groups in total. The van der Waals surface area contributed by atoms with E-state index in [-0.39, 0.29) is 12.1 Å². The van der Waals surface area contributed by atoms with Crippen LogP contribution in [0.4, 0.5) is 0 Å². The van der Waals surface area contributed by atoms with Crippen LogP contribution in [0, 0.1) is 13.8 Å². The molecule has 0 aliphatic heterocycles. The lowest BCUT2D eigenvalue weighted by Gasteiger charge is -2.29. The van der Waals surface area contributed by atoms with E-state index < -0.39 is 11.5 Å². The van der Waals surface area contributed by atoms with E-state index in [1.807, 2.05) is 13.8 Å². The minimum atomic E-state index is -0.942. The molecule has 1 aromatic heterocycles. The molecule has 19 heavy (non-hydrogen) atoms. The average Bonchev–Trinajstić information content (AvgIpc) is 2.22. The number of aromatic nitrogens is 2. The van der Waals surface area contributed by atoms with Crippen molar-refractivity contribution in [2.24, 2.45) is 0 Å². The molecule has 106 valence electrons. The topological polar surface area (TPSA) is 81.4 Å². The van der Waals surface area contributed by atoms with Crippen molar-refractivity contribution >= 4 is 5.97 Å². The molecular formula is C13H20N2O4. The Bertz CT molecular complexity index is 546. The van der Waals surface area contributed by atoms with Gasteiger partial charge in [-0.25, -0.2) is 4.79 Å². The Morgan fingerprint density at radius 2 is 2.00 bits per heavy atom. The molecule has 0 amide bonds. The van der Waals surface area contributed by atoms with Crippen LogP contribution in [0.1, 0.15) is 30.8 Å². The lowest BCUT2D eigenvalue weighted by atomic mass is 10.0. The minimum Gasteiger partial charge on any atom is -0.481 e. The summed E-state index contributed by atoms with van der Waals surface area (Å²) in [7, 11) is 1.56. The van der Waals surface area contributed by atoms with Gasteiger partial charge >= 0.3 is 11.7 Å². The minimum absolute atomic E-state index is 0.145. The number of nitrogens with zero attached hydrogens (tertiary/aromatic N) is 2. The summed E-state index contributed by atoms with van der Waals surface area (Å²) in [5.41, 5.74) is 0.711. The zero-order valence-electron chi connectivity index (χ0n) is 12.0. The van der Waals surface area contributed by atoms with Gasteiger partial charge in [0.05, 0.1) is 18.6 Å². The van der Waals surface area contributed by atoms with Crippen LogP contribution in [-0.4, -0.2) is 34.3 Å². The Morgan fingerprint density at radius 3 is 2.47 bits per heavy atom. The molecule has 0 fully saturated rings. The fourth-order valence-electron chi connectivity index (χ4n) is 2.34. The predicted octanol–water partition coefficient (Wildman–Crippen LogP) is 0.869. The van der Waals surface area contributed by atoms with Crippen LogP contribution in [0.25, 0.3) is 0 Å². The van der Waals surface area contributed by atoms with E-state index in [2.05, 4.69) is 4.98 Å². The van der Waals surface area contributed by atoms with E-state index in [1.54, 1.807) is 21.0 Å². The quantitative estimate of drug-likeness (QED) is 0.857. The molecule has 0 aromatic carbocycles. The summed E-state index contributed by atoms with van der Waals surface area (Å²) in [5, 5.41) is 8.94. The smallest absolute Gasteiger partial charge is 0.348 e. The van der Waals surface area contributed by atoms with Crippen LogP contribution >= 0.6 is 0 Å². The SMILES string of the molecule is COCC(C)(C)n1c(C)c(CC(=O)O)c(C)nc1=O. The van der Waals surface area contributed by atoms with Gasteiger partial charge in [0.2, 0.25) is 0 Å². The number of methoxy groups -OCH3 is 1. The molecule has 0 aliphatic carbocycles. The zero-order chi connectivity index (χ0) is 14.8. The Morgan fingerprint density at radius 1 is 1.42 bits per heavy atom. The van der Waals surface area contributed by atoms with Crippen LogP contribution in [0.3, 0.4) is 0 Å². The number of aryl methyl sites for hydroxylation is 1. The average molecular weight is 268 g/mol. The van der Waals surface area contributed by atoms with Gasteiger partial charge in [0.25, 0.3) is 0 Å². The Balaban J connectivity index is 3.49. The number of hydrogen-bond acceptors (Lipinski definition) is 4. The van der Waals surface area contributed by atoms with Gasteiger partial charge in [-0.1, -0.05) is 0 Å². The third-order valence-electron chi connectivity index (χ3n) is 3.09. The number of carbonyl (C=O) groups is 1. The van der Waals surface area contributed by atoms with Crippen molar-refractivity contribution in [1.82, 2.24) is 9.55 Å². The standard InChI is InChI=1S/C13H20N2O4/c1-8-10(6-11(16)17)9(2)15(12(18)14-8)13(3,4)7-19-5/h6-7H2,1-5H3,(H,16,17). The van der Waals surface area contributed by atoms with Crippen molar-refractivity contribution in [2.75, 3.05) is 13.7 Å². The van der Waals surface area contributed by atoms with Crippen LogP contribution in [-0.2, 0) is 21.5 Å². The van der Waals surface area contributed by atoms with Crippen molar-refractivity contribution in [3.8, 4) is 0 Å². The summed E-state index contributed by atoms with van der Waals surface area (Å²) in [5.74, 6) is -0.942. The van der Waals surface area contributed by atoms with Crippen molar-refractivity contribution < 1.29 is 14.6 Å². The summed E-state index contributed by atoms with van der Waals surface area (Å²) in [6, 6.07) is 0. The van der Waals surface area contributed by atoms with Crippen molar-refractivity contribution in [2.45, 2.75) is 39.7 Å². The Hall–Kier alpha value is -1.69.